The molecule has 3 atom stereocenters. The van der Waals surface area contributed by atoms with E-state index in [0.717, 1.165) is 31.4 Å². The molecule has 0 aromatic carbocycles. The van der Waals surface area contributed by atoms with Crippen molar-refractivity contribution in [2.75, 3.05) is 0 Å². The van der Waals surface area contributed by atoms with Gasteiger partial charge in [0.2, 0.25) is 0 Å². The predicted molar refractivity (Wildman–Crippen MR) is 65.6 cm³/mol. The van der Waals surface area contributed by atoms with Gasteiger partial charge in [-0.15, -0.1) is 0 Å². The van der Waals surface area contributed by atoms with Crippen LogP contribution in [-0.4, -0.2) is 16.1 Å². The molecule has 1 aromatic heterocycles. The molecule has 1 saturated carbocycles. The molecule has 3 heteroatoms. The van der Waals surface area contributed by atoms with Gasteiger partial charge in [0, 0.05) is 11.9 Å². The van der Waals surface area contributed by atoms with Crippen LogP contribution in [0.15, 0.2) is 24.4 Å². The summed E-state index contributed by atoms with van der Waals surface area (Å²) in [6.45, 7) is 2.21. The lowest BCUT2D eigenvalue weighted by molar-refractivity contribution is -0.145. The number of rotatable bonds is 3. The van der Waals surface area contributed by atoms with Crippen LogP contribution in [0.25, 0.3) is 0 Å². The van der Waals surface area contributed by atoms with Crippen LogP contribution in [-0.2, 0) is 11.2 Å². The molecule has 3 unspecified atom stereocenters. The fourth-order valence-electron chi connectivity index (χ4n) is 2.84. The van der Waals surface area contributed by atoms with Crippen molar-refractivity contribution in [3.8, 4) is 0 Å². The fraction of sp³-hybridized carbons (Fsp3) is 0.571. The Bertz CT molecular complexity index is 377. The van der Waals surface area contributed by atoms with E-state index >= 15 is 0 Å². The number of aromatic nitrogens is 1. The molecular weight excluding hydrogens is 214 g/mol. The van der Waals surface area contributed by atoms with Crippen LogP contribution < -0.4 is 0 Å². The third-order valence-corrected chi connectivity index (χ3v) is 3.76. The molecule has 0 amide bonds. The highest BCUT2D eigenvalue weighted by atomic mass is 16.4. The van der Waals surface area contributed by atoms with E-state index in [1.165, 1.54) is 0 Å². The second-order valence-electron chi connectivity index (χ2n) is 5.15. The number of carbonyl (C=O) groups is 1. The van der Waals surface area contributed by atoms with Crippen molar-refractivity contribution in [2.24, 2.45) is 17.8 Å². The molecule has 2 rings (SSSR count). The predicted octanol–water partition coefficient (Wildman–Crippen LogP) is 2.76. The van der Waals surface area contributed by atoms with Gasteiger partial charge >= 0.3 is 5.97 Å². The Labute approximate surface area is 102 Å². The first kappa shape index (κ1) is 12.1. The molecule has 1 aromatic rings. The normalized spacial score (nSPS) is 28.9. The summed E-state index contributed by atoms with van der Waals surface area (Å²) in [5.74, 6) is 0.0523. The number of hydrogen-bond acceptors (Lipinski definition) is 2. The number of aliphatic carboxylic acids is 1. The number of carboxylic acid groups (broad SMARTS) is 1. The van der Waals surface area contributed by atoms with Gasteiger partial charge in [-0.1, -0.05) is 13.0 Å². The van der Waals surface area contributed by atoms with Crippen LogP contribution in [0.3, 0.4) is 0 Å². The first-order chi connectivity index (χ1) is 8.16. The molecule has 1 N–H and O–H groups in total. The third kappa shape index (κ3) is 3.05. The van der Waals surface area contributed by atoms with E-state index in [0.29, 0.717) is 5.92 Å². The number of carboxylic acids is 1. The minimum absolute atomic E-state index is 0.187. The summed E-state index contributed by atoms with van der Waals surface area (Å²) in [5, 5.41) is 9.25. The second kappa shape index (κ2) is 5.30. The SMILES string of the molecule is CC1CCC(C(=O)O)C(Cc2ccccn2)C1. The summed E-state index contributed by atoms with van der Waals surface area (Å²) < 4.78 is 0. The van der Waals surface area contributed by atoms with Gasteiger partial charge in [0.1, 0.15) is 0 Å². The smallest absolute Gasteiger partial charge is 0.306 e. The molecule has 17 heavy (non-hydrogen) atoms. The topological polar surface area (TPSA) is 50.2 Å². The van der Waals surface area contributed by atoms with E-state index in [4.69, 9.17) is 0 Å². The minimum atomic E-state index is -0.641. The lowest BCUT2D eigenvalue weighted by Gasteiger charge is -2.32. The zero-order valence-electron chi connectivity index (χ0n) is 10.2. The zero-order chi connectivity index (χ0) is 12.3. The van der Waals surface area contributed by atoms with Gasteiger partial charge in [-0.2, -0.15) is 0 Å². The molecule has 3 nitrogen and oxygen atoms in total. The van der Waals surface area contributed by atoms with Crippen LogP contribution in [0, 0.1) is 17.8 Å². The molecule has 1 aliphatic rings. The lowest BCUT2D eigenvalue weighted by atomic mass is 9.73. The standard InChI is InChI=1S/C14H19NO2/c1-10-5-6-13(14(16)17)11(8-10)9-12-4-2-3-7-15-12/h2-4,7,10-11,13H,5-6,8-9H2,1H3,(H,16,17). The van der Waals surface area contributed by atoms with Crippen molar-refractivity contribution in [3.05, 3.63) is 30.1 Å². The number of hydrogen-bond donors (Lipinski definition) is 1. The van der Waals surface area contributed by atoms with Crippen LogP contribution in [0.1, 0.15) is 31.9 Å². The Morgan fingerprint density at radius 3 is 2.94 bits per heavy atom. The molecule has 0 spiro atoms. The quantitative estimate of drug-likeness (QED) is 0.873. The molecule has 1 fully saturated rings. The summed E-state index contributed by atoms with van der Waals surface area (Å²) in [6, 6.07) is 5.84. The third-order valence-electron chi connectivity index (χ3n) is 3.76. The summed E-state index contributed by atoms with van der Waals surface area (Å²) in [5.41, 5.74) is 1.01. The minimum Gasteiger partial charge on any atom is -0.481 e. The average molecular weight is 233 g/mol. The fourth-order valence-corrected chi connectivity index (χ4v) is 2.84. The maximum absolute atomic E-state index is 11.2. The summed E-state index contributed by atoms with van der Waals surface area (Å²) >= 11 is 0. The van der Waals surface area contributed by atoms with E-state index in [2.05, 4.69) is 11.9 Å². The maximum Gasteiger partial charge on any atom is 0.306 e. The van der Waals surface area contributed by atoms with E-state index in [1.807, 2.05) is 18.2 Å². The van der Waals surface area contributed by atoms with Crippen LogP contribution in [0.2, 0.25) is 0 Å². The van der Waals surface area contributed by atoms with Gasteiger partial charge in [0.05, 0.1) is 5.92 Å². The highest BCUT2D eigenvalue weighted by Crippen LogP contribution is 2.35. The van der Waals surface area contributed by atoms with Gasteiger partial charge < -0.3 is 5.11 Å². The molecule has 0 saturated heterocycles. The molecule has 1 heterocycles. The molecule has 92 valence electrons. The Hall–Kier alpha value is -1.38. The van der Waals surface area contributed by atoms with Gasteiger partial charge in [0.25, 0.3) is 0 Å². The van der Waals surface area contributed by atoms with Gasteiger partial charge in [-0.25, -0.2) is 0 Å². The Balaban J connectivity index is 2.08. The number of pyridine rings is 1. The Kier molecular flexibility index (Phi) is 3.77. The first-order valence-electron chi connectivity index (χ1n) is 6.29. The summed E-state index contributed by atoms with van der Waals surface area (Å²) in [7, 11) is 0. The van der Waals surface area contributed by atoms with Gasteiger partial charge in [0.15, 0.2) is 0 Å². The number of nitrogens with zero attached hydrogens (tertiary/aromatic N) is 1. The van der Waals surface area contributed by atoms with Crippen LogP contribution >= 0.6 is 0 Å². The van der Waals surface area contributed by atoms with Crippen LogP contribution in [0.4, 0.5) is 0 Å². The van der Waals surface area contributed by atoms with Crippen LogP contribution in [0.5, 0.6) is 0 Å². The Morgan fingerprint density at radius 2 is 2.29 bits per heavy atom. The first-order valence-corrected chi connectivity index (χ1v) is 6.29. The van der Waals surface area contributed by atoms with Gasteiger partial charge in [-0.05, 0) is 49.7 Å². The van der Waals surface area contributed by atoms with E-state index in [-0.39, 0.29) is 11.8 Å². The molecule has 0 radical (unpaired) electrons. The molecule has 0 bridgehead atoms. The molecular formula is C14H19NO2. The maximum atomic E-state index is 11.2. The molecule has 0 aliphatic heterocycles. The molecule has 1 aliphatic carbocycles. The van der Waals surface area contributed by atoms with E-state index in [9.17, 15) is 9.90 Å². The average Bonchev–Trinajstić information content (AvgIpc) is 2.30. The van der Waals surface area contributed by atoms with Crippen molar-refractivity contribution in [3.63, 3.8) is 0 Å². The van der Waals surface area contributed by atoms with Crippen molar-refractivity contribution >= 4 is 5.97 Å². The monoisotopic (exact) mass is 233 g/mol. The van der Waals surface area contributed by atoms with Crippen molar-refractivity contribution in [2.45, 2.75) is 32.6 Å². The highest BCUT2D eigenvalue weighted by Gasteiger charge is 2.33. The van der Waals surface area contributed by atoms with E-state index in [1.54, 1.807) is 6.20 Å². The summed E-state index contributed by atoms with van der Waals surface area (Å²) in [4.78, 5) is 15.5. The highest BCUT2D eigenvalue weighted by molar-refractivity contribution is 5.70. The summed E-state index contributed by atoms with van der Waals surface area (Å²) in [6.07, 6.45) is 5.43. The largest absolute Gasteiger partial charge is 0.481 e. The van der Waals surface area contributed by atoms with E-state index < -0.39 is 5.97 Å². The zero-order valence-corrected chi connectivity index (χ0v) is 10.2. The van der Waals surface area contributed by atoms with Crippen molar-refractivity contribution in [1.29, 1.82) is 0 Å². The van der Waals surface area contributed by atoms with Crippen molar-refractivity contribution in [1.82, 2.24) is 4.98 Å². The van der Waals surface area contributed by atoms with Gasteiger partial charge in [-0.3, -0.25) is 9.78 Å². The Morgan fingerprint density at radius 1 is 1.47 bits per heavy atom. The van der Waals surface area contributed by atoms with Crippen molar-refractivity contribution < 1.29 is 9.90 Å². The second-order valence-corrected chi connectivity index (χ2v) is 5.15. The lowest BCUT2D eigenvalue weighted by Crippen LogP contribution is -2.31.